The Hall–Kier alpha value is -2.99. The fourth-order valence-corrected chi connectivity index (χ4v) is 3.95. The Morgan fingerprint density at radius 3 is 2.59 bits per heavy atom. The average Bonchev–Trinajstić information content (AvgIpc) is 3.33. The Balaban J connectivity index is 1.58. The minimum absolute atomic E-state index is 0.0742. The molecule has 0 bridgehead atoms. The summed E-state index contributed by atoms with van der Waals surface area (Å²) in [6, 6.07) is 16.4. The zero-order valence-electron chi connectivity index (χ0n) is 17.0. The molecule has 0 unspecified atom stereocenters. The summed E-state index contributed by atoms with van der Waals surface area (Å²) < 4.78 is 19.0. The predicted octanol–water partition coefficient (Wildman–Crippen LogP) is 4.39. The third-order valence-electron chi connectivity index (χ3n) is 5.27. The molecule has 0 saturated carbocycles. The van der Waals surface area contributed by atoms with E-state index in [1.54, 1.807) is 0 Å². The SMILES string of the molecule is CC(C)(C)c1nn(-c2ccccc2)c2c1COCN2Cc1ccc2c(c1)OCO2. The second kappa shape index (κ2) is 6.81. The van der Waals surface area contributed by atoms with E-state index in [9.17, 15) is 0 Å². The van der Waals surface area contributed by atoms with Crippen LogP contribution >= 0.6 is 0 Å². The Kier molecular flexibility index (Phi) is 4.24. The Morgan fingerprint density at radius 1 is 1.00 bits per heavy atom. The number of nitrogens with zero attached hydrogens (tertiary/aromatic N) is 3. The van der Waals surface area contributed by atoms with Crippen molar-refractivity contribution in [2.45, 2.75) is 39.3 Å². The molecule has 0 radical (unpaired) electrons. The number of fused-ring (bicyclic) bond motifs is 2. The summed E-state index contributed by atoms with van der Waals surface area (Å²) in [5.74, 6) is 2.70. The second-order valence-corrected chi connectivity index (χ2v) is 8.51. The summed E-state index contributed by atoms with van der Waals surface area (Å²) in [5.41, 5.74) is 4.36. The molecule has 0 spiro atoms. The summed E-state index contributed by atoms with van der Waals surface area (Å²) in [5, 5.41) is 5.03. The molecule has 0 atom stereocenters. The number of rotatable bonds is 3. The monoisotopic (exact) mass is 391 g/mol. The van der Waals surface area contributed by atoms with Crippen LogP contribution in [0, 0.1) is 0 Å². The maximum Gasteiger partial charge on any atom is 0.231 e. The van der Waals surface area contributed by atoms with Crippen LogP contribution in [0.25, 0.3) is 5.69 Å². The summed E-state index contributed by atoms with van der Waals surface area (Å²) in [6.45, 7) is 8.67. The van der Waals surface area contributed by atoms with Crippen molar-refractivity contribution in [2.75, 3.05) is 18.4 Å². The van der Waals surface area contributed by atoms with Gasteiger partial charge >= 0.3 is 0 Å². The zero-order chi connectivity index (χ0) is 20.0. The third-order valence-corrected chi connectivity index (χ3v) is 5.27. The molecule has 6 nitrogen and oxygen atoms in total. The van der Waals surface area contributed by atoms with Crippen molar-refractivity contribution in [2.24, 2.45) is 0 Å². The first-order valence-corrected chi connectivity index (χ1v) is 9.90. The summed E-state index contributed by atoms with van der Waals surface area (Å²) in [7, 11) is 0. The van der Waals surface area contributed by atoms with E-state index >= 15 is 0 Å². The fourth-order valence-electron chi connectivity index (χ4n) is 3.95. The maximum atomic E-state index is 5.98. The first-order valence-electron chi connectivity index (χ1n) is 9.90. The molecule has 29 heavy (non-hydrogen) atoms. The lowest BCUT2D eigenvalue weighted by Gasteiger charge is -2.31. The standard InChI is InChI=1S/C23H25N3O3/c1-23(2,3)21-18-13-27-14-25(12-16-9-10-19-20(11-16)29-15-28-19)22(18)26(24-21)17-7-5-4-6-8-17/h4-11H,12-15H2,1-3H3. The first kappa shape index (κ1) is 18.1. The molecule has 2 aliphatic heterocycles. The van der Waals surface area contributed by atoms with Crippen LogP contribution < -0.4 is 14.4 Å². The smallest absolute Gasteiger partial charge is 0.231 e. The number of hydrogen-bond donors (Lipinski definition) is 0. The van der Waals surface area contributed by atoms with Gasteiger partial charge in [0.05, 0.1) is 18.0 Å². The van der Waals surface area contributed by atoms with Crippen LogP contribution in [0.3, 0.4) is 0 Å². The largest absolute Gasteiger partial charge is 0.454 e. The van der Waals surface area contributed by atoms with Gasteiger partial charge in [-0.25, -0.2) is 4.68 Å². The molecule has 0 amide bonds. The lowest BCUT2D eigenvalue weighted by Crippen LogP contribution is -2.32. The van der Waals surface area contributed by atoms with Crippen LogP contribution in [0.1, 0.15) is 37.6 Å². The molecule has 0 N–H and O–H groups in total. The Labute approximate surface area is 170 Å². The Bertz CT molecular complexity index is 1040. The Morgan fingerprint density at radius 2 is 1.79 bits per heavy atom. The number of para-hydroxylation sites is 1. The highest BCUT2D eigenvalue weighted by molar-refractivity contribution is 5.58. The van der Waals surface area contributed by atoms with Crippen molar-refractivity contribution in [1.82, 2.24) is 9.78 Å². The van der Waals surface area contributed by atoms with Crippen molar-refractivity contribution in [1.29, 1.82) is 0 Å². The lowest BCUT2D eigenvalue weighted by atomic mass is 9.89. The molecule has 3 heterocycles. The van der Waals surface area contributed by atoms with Gasteiger partial charge in [-0.1, -0.05) is 45.0 Å². The molecule has 0 aliphatic carbocycles. The van der Waals surface area contributed by atoms with Gasteiger partial charge in [0.2, 0.25) is 6.79 Å². The van der Waals surface area contributed by atoms with Crippen LogP contribution in [-0.4, -0.2) is 23.3 Å². The van der Waals surface area contributed by atoms with Gasteiger partial charge in [-0.3, -0.25) is 0 Å². The molecule has 2 aliphatic rings. The van der Waals surface area contributed by atoms with Crippen molar-refractivity contribution >= 4 is 5.82 Å². The van der Waals surface area contributed by atoms with E-state index in [2.05, 4.69) is 48.6 Å². The molecular formula is C23H25N3O3. The zero-order valence-corrected chi connectivity index (χ0v) is 17.0. The molecule has 0 fully saturated rings. The molecule has 6 heteroatoms. The first-order chi connectivity index (χ1) is 14.0. The van der Waals surface area contributed by atoms with Gasteiger partial charge < -0.3 is 19.1 Å². The van der Waals surface area contributed by atoms with Crippen molar-refractivity contribution in [3.8, 4) is 17.2 Å². The molecule has 5 rings (SSSR count). The predicted molar refractivity (Wildman–Crippen MR) is 111 cm³/mol. The van der Waals surface area contributed by atoms with Crippen LogP contribution in [0.15, 0.2) is 48.5 Å². The van der Waals surface area contributed by atoms with Crippen molar-refractivity contribution < 1.29 is 14.2 Å². The van der Waals surface area contributed by atoms with Gasteiger partial charge in [-0.05, 0) is 29.8 Å². The van der Waals surface area contributed by atoms with Gasteiger partial charge in [0.25, 0.3) is 0 Å². The summed E-state index contributed by atoms with van der Waals surface area (Å²) in [6.07, 6.45) is 0. The number of aromatic nitrogens is 2. The van der Waals surface area contributed by atoms with Crippen LogP contribution in [0.2, 0.25) is 0 Å². The molecular weight excluding hydrogens is 366 g/mol. The van der Waals surface area contributed by atoms with E-state index in [0.717, 1.165) is 39.8 Å². The number of anilines is 1. The highest BCUT2D eigenvalue weighted by Gasteiger charge is 2.32. The van der Waals surface area contributed by atoms with Crippen molar-refractivity contribution in [3.05, 3.63) is 65.4 Å². The highest BCUT2D eigenvalue weighted by Crippen LogP contribution is 2.38. The van der Waals surface area contributed by atoms with Gasteiger partial charge in [0.1, 0.15) is 12.5 Å². The van der Waals surface area contributed by atoms with Crippen LogP contribution in [-0.2, 0) is 23.3 Å². The topological polar surface area (TPSA) is 48.8 Å². The molecule has 1 aromatic heterocycles. The normalized spacial score (nSPS) is 15.5. The minimum Gasteiger partial charge on any atom is -0.454 e. The molecule has 0 saturated heterocycles. The van der Waals surface area contributed by atoms with E-state index in [1.807, 2.05) is 30.3 Å². The molecule has 150 valence electrons. The maximum absolute atomic E-state index is 5.98. The summed E-state index contributed by atoms with van der Waals surface area (Å²) in [4.78, 5) is 2.24. The van der Waals surface area contributed by atoms with E-state index in [1.165, 1.54) is 0 Å². The number of hydrogen-bond acceptors (Lipinski definition) is 5. The fraction of sp³-hybridized carbons (Fsp3) is 0.348. The van der Waals surface area contributed by atoms with Crippen molar-refractivity contribution in [3.63, 3.8) is 0 Å². The molecule has 2 aromatic carbocycles. The highest BCUT2D eigenvalue weighted by atomic mass is 16.7. The van der Waals surface area contributed by atoms with E-state index < -0.39 is 0 Å². The van der Waals surface area contributed by atoms with Gasteiger partial charge in [0.15, 0.2) is 11.5 Å². The second-order valence-electron chi connectivity index (χ2n) is 8.51. The van der Waals surface area contributed by atoms with E-state index in [4.69, 9.17) is 19.3 Å². The molecule has 3 aromatic rings. The van der Waals surface area contributed by atoms with Gasteiger partial charge in [-0.15, -0.1) is 0 Å². The lowest BCUT2D eigenvalue weighted by molar-refractivity contribution is 0.107. The van der Waals surface area contributed by atoms with E-state index in [0.29, 0.717) is 19.9 Å². The minimum atomic E-state index is -0.0742. The van der Waals surface area contributed by atoms with Crippen LogP contribution in [0.4, 0.5) is 5.82 Å². The third kappa shape index (κ3) is 3.23. The number of ether oxygens (including phenoxy) is 3. The van der Waals surface area contributed by atoms with E-state index in [-0.39, 0.29) is 12.2 Å². The average molecular weight is 391 g/mol. The van der Waals surface area contributed by atoms with Crippen LogP contribution in [0.5, 0.6) is 11.5 Å². The number of benzene rings is 2. The summed E-state index contributed by atoms with van der Waals surface area (Å²) >= 11 is 0. The quantitative estimate of drug-likeness (QED) is 0.663. The van der Waals surface area contributed by atoms with Gasteiger partial charge in [-0.2, -0.15) is 5.10 Å². The van der Waals surface area contributed by atoms with Gasteiger partial charge in [0, 0.05) is 17.5 Å².